The van der Waals surface area contributed by atoms with Gasteiger partial charge >= 0.3 is 0 Å². The van der Waals surface area contributed by atoms with Gasteiger partial charge in [-0.15, -0.1) is 0 Å². The Kier molecular flexibility index (Phi) is 3.41. The minimum atomic E-state index is -4.21. The summed E-state index contributed by atoms with van der Waals surface area (Å²) in [5.74, 6) is 0. The highest BCUT2D eigenvalue weighted by Crippen LogP contribution is 2.10. The van der Waals surface area contributed by atoms with E-state index in [9.17, 15) is 13.2 Å². The van der Waals surface area contributed by atoms with Gasteiger partial charge in [-0.05, 0) is 13.3 Å². The Labute approximate surface area is 65.7 Å². The molecule has 5 heteroatoms. The fourth-order valence-corrected chi connectivity index (χ4v) is 1.05. The largest absolute Gasteiger partial charge is 0.290 e. The van der Waals surface area contributed by atoms with Crippen LogP contribution in [0.4, 0.5) is 0 Å². The van der Waals surface area contributed by atoms with Crippen LogP contribution >= 0.6 is 0 Å². The van der Waals surface area contributed by atoms with Crippen molar-refractivity contribution in [2.24, 2.45) is 0 Å². The van der Waals surface area contributed by atoms with E-state index in [4.69, 9.17) is 4.55 Å². The van der Waals surface area contributed by atoms with Gasteiger partial charge in [0.2, 0.25) is 6.29 Å². The molecule has 0 aromatic rings. The summed E-state index contributed by atoms with van der Waals surface area (Å²) in [4.78, 5) is 9.74. The molecule has 0 unspecified atom stereocenters. The van der Waals surface area contributed by atoms with Gasteiger partial charge in [-0.2, -0.15) is 8.42 Å². The fraction of sp³-hybridized carbons (Fsp3) is 0.500. The lowest BCUT2D eigenvalue weighted by atomic mass is 10.2. The van der Waals surface area contributed by atoms with Crippen molar-refractivity contribution in [1.29, 1.82) is 0 Å². The minimum absolute atomic E-state index is 0.0208. The fourth-order valence-electron chi connectivity index (χ4n) is 0.549. The topological polar surface area (TPSA) is 71.4 Å². The lowest BCUT2D eigenvalue weighted by Gasteiger charge is -1.98. The van der Waals surface area contributed by atoms with E-state index in [2.05, 4.69) is 0 Å². The van der Waals surface area contributed by atoms with Gasteiger partial charge in [0, 0.05) is 5.57 Å². The molecule has 0 aromatic heterocycles. The van der Waals surface area contributed by atoms with Crippen LogP contribution in [0.3, 0.4) is 0 Å². The normalized spacial score (nSPS) is 14.1. The zero-order valence-electron chi connectivity index (χ0n) is 6.29. The van der Waals surface area contributed by atoms with Gasteiger partial charge in [0.05, 0.1) is 4.91 Å². The van der Waals surface area contributed by atoms with E-state index in [1.807, 2.05) is 0 Å². The molecule has 0 saturated heterocycles. The van der Waals surface area contributed by atoms with Gasteiger partial charge in [0.1, 0.15) is 0 Å². The highest BCUT2D eigenvalue weighted by Gasteiger charge is 2.12. The predicted octanol–water partition coefficient (Wildman–Crippen LogP) is 0.668. The lowest BCUT2D eigenvalue weighted by Crippen LogP contribution is -2.02. The average molecular weight is 177 g/mol. The Hall–Kier alpha value is -0.680. The molecule has 0 bridgehead atoms. The molecule has 0 amide bonds. The van der Waals surface area contributed by atoms with Gasteiger partial charge in [-0.3, -0.25) is 9.35 Å². The third-order valence-electron chi connectivity index (χ3n) is 1.29. The second kappa shape index (κ2) is 3.64. The van der Waals surface area contributed by atoms with Crippen molar-refractivity contribution in [3.8, 4) is 0 Å². The maximum absolute atomic E-state index is 10.4. The molecule has 0 aliphatic heterocycles. The van der Waals surface area contributed by atoms with Crippen LogP contribution in [0, 0.1) is 0 Å². The number of hydrogen-bond acceptors (Lipinski definition) is 3. The van der Waals surface area contributed by atoms with Crippen LogP contribution in [-0.2, 0) is 14.9 Å². The third-order valence-corrected chi connectivity index (χ3v) is 2.31. The molecular formula is C6H9O4S. The van der Waals surface area contributed by atoms with Crippen LogP contribution in [0.5, 0.6) is 0 Å². The summed E-state index contributed by atoms with van der Waals surface area (Å²) < 4.78 is 29.3. The van der Waals surface area contributed by atoms with E-state index in [1.165, 1.54) is 13.2 Å². The van der Waals surface area contributed by atoms with Crippen molar-refractivity contribution >= 4 is 16.4 Å². The van der Waals surface area contributed by atoms with Crippen molar-refractivity contribution in [2.75, 3.05) is 0 Å². The number of allylic oxidation sites excluding steroid dienone is 2. The van der Waals surface area contributed by atoms with E-state index in [0.717, 1.165) is 0 Å². The molecule has 0 heterocycles. The molecule has 0 aromatic carbocycles. The Bertz CT molecular complexity index is 273. The molecular weight excluding hydrogens is 168 g/mol. The summed E-state index contributed by atoms with van der Waals surface area (Å²) in [7, 11) is -4.21. The predicted molar refractivity (Wildman–Crippen MR) is 40.2 cm³/mol. The van der Waals surface area contributed by atoms with Crippen molar-refractivity contribution in [3.05, 3.63) is 10.5 Å². The zero-order valence-corrected chi connectivity index (χ0v) is 7.10. The van der Waals surface area contributed by atoms with Gasteiger partial charge in [-0.25, -0.2) is 0 Å². The van der Waals surface area contributed by atoms with Crippen molar-refractivity contribution < 1.29 is 17.8 Å². The molecule has 4 nitrogen and oxygen atoms in total. The SMILES string of the molecule is CCC([C]=O)=C(C)S(=O)(=O)O. The molecule has 0 fully saturated rings. The van der Waals surface area contributed by atoms with Crippen molar-refractivity contribution in [2.45, 2.75) is 20.3 Å². The molecule has 0 rings (SSSR count). The standard InChI is InChI=1S/C6H9O4S/c1-3-6(4-7)5(2)11(8,9)10/h3H2,1-2H3,(H,8,9,10). The maximum atomic E-state index is 10.4. The Morgan fingerprint density at radius 3 is 2.09 bits per heavy atom. The van der Waals surface area contributed by atoms with E-state index in [0.29, 0.717) is 0 Å². The molecule has 1 N–H and O–H groups in total. The molecule has 0 aliphatic carbocycles. The highest BCUT2D eigenvalue weighted by atomic mass is 32.2. The number of hydrogen-bond donors (Lipinski definition) is 1. The first-order chi connectivity index (χ1) is 4.93. The summed E-state index contributed by atoms with van der Waals surface area (Å²) in [5.41, 5.74) is -0.0208. The van der Waals surface area contributed by atoms with E-state index in [1.54, 1.807) is 6.92 Å². The van der Waals surface area contributed by atoms with E-state index >= 15 is 0 Å². The van der Waals surface area contributed by atoms with Gasteiger partial charge < -0.3 is 0 Å². The quantitative estimate of drug-likeness (QED) is 0.508. The minimum Gasteiger partial charge on any atom is -0.285 e. The Morgan fingerprint density at radius 2 is 2.00 bits per heavy atom. The second-order valence-electron chi connectivity index (χ2n) is 1.97. The average Bonchev–Trinajstić information content (AvgIpc) is 1.88. The smallest absolute Gasteiger partial charge is 0.285 e. The summed E-state index contributed by atoms with van der Waals surface area (Å²) in [6, 6.07) is 0. The van der Waals surface area contributed by atoms with Crippen LogP contribution in [0.1, 0.15) is 20.3 Å². The van der Waals surface area contributed by atoms with Crippen LogP contribution in [-0.4, -0.2) is 19.3 Å². The number of rotatable bonds is 3. The zero-order chi connectivity index (χ0) is 9.07. The molecule has 0 aliphatic rings. The molecule has 0 saturated carbocycles. The lowest BCUT2D eigenvalue weighted by molar-refractivity contribution is 0.490. The second-order valence-corrected chi connectivity index (χ2v) is 3.53. The first-order valence-corrected chi connectivity index (χ1v) is 4.42. The first kappa shape index (κ1) is 10.3. The molecule has 63 valence electrons. The Balaban J connectivity index is 5.09. The monoisotopic (exact) mass is 177 g/mol. The van der Waals surface area contributed by atoms with Gasteiger partial charge in [0.15, 0.2) is 0 Å². The van der Waals surface area contributed by atoms with Crippen LogP contribution in [0.2, 0.25) is 0 Å². The molecule has 0 atom stereocenters. The third kappa shape index (κ3) is 2.81. The summed E-state index contributed by atoms with van der Waals surface area (Å²) in [6.07, 6.45) is 1.69. The molecule has 11 heavy (non-hydrogen) atoms. The summed E-state index contributed by atoms with van der Waals surface area (Å²) in [6.45, 7) is 2.77. The van der Waals surface area contributed by atoms with Crippen LogP contribution in [0.25, 0.3) is 0 Å². The summed E-state index contributed by atoms with van der Waals surface area (Å²) in [5, 5.41) is 0. The van der Waals surface area contributed by atoms with E-state index in [-0.39, 0.29) is 16.9 Å². The van der Waals surface area contributed by atoms with Crippen LogP contribution in [0.15, 0.2) is 10.5 Å². The highest BCUT2D eigenvalue weighted by molar-refractivity contribution is 7.89. The van der Waals surface area contributed by atoms with Gasteiger partial charge in [-0.1, -0.05) is 6.92 Å². The first-order valence-electron chi connectivity index (χ1n) is 2.98. The Morgan fingerprint density at radius 1 is 1.55 bits per heavy atom. The van der Waals surface area contributed by atoms with Crippen molar-refractivity contribution in [1.82, 2.24) is 0 Å². The molecule has 0 spiro atoms. The van der Waals surface area contributed by atoms with Crippen LogP contribution < -0.4 is 0 Å². The number of carbonyl (C=O) groups excluding carboxylic acids is 1. The van der Waals surface area contributed by atoms with Gasteiger partial charge in [0.25, 0.3) is 10.1 Å². The maximum Gasteiger partial charge on any atom is 0.290 e. The van der Waals surface area contributed by atoms with Crippen molar-refractivity contribution in [3.63, 3.8) is 0 Å². The summed E-state index contributed by atoms with van der Waals surface area (Å²) >= 11 is 0. The molecule has 1 radical (unpaired) electrons. The van der Waals surface area contributed by atoms with E-state index < -0.39 is 10.1 Å².